The number of benzene rings is 1. The lowest BCUT2D eigenvalue weighted by molar-refractivity contribution is 0.112. The summed E-state index contributed by atoms with van der Waals surface area (Å²) >= 11 is 1.82. The van der Waals surface area contributed by atoms with Crippen LogP contribution in [0, 0.1) is 5.92 Å². The summed E-state index contributed by atoms with van der Waals surface area (Å²) in [6.07, 6.45) is 2.10. The van der Waals surface area contributed by atoms with Crippen LogP contribution >= 0.6 is 11.8 Å². The fourth-order valence-electron chi connectivity index (χ4n) is 1.03. The summed E-state index contributed by atoms with van der Waals surface area (Å²) in [5.41, 5.74) is 0.763. The van der Waals surface area contributed by atoms with Crippen molar-refractivity contribution >= 4 is 18.0 Å². The van der Waals surface area contributed by atoms with Crippen LogP contribution in [-0.4, -0.2) is 12.0 Å². The molecule has 2 heteroatoms. The molecule has 0 bridgehead atoms. The largest absolute Gasteiger partial charge is 0.298 e. The van der Waals surface area contributed by atoms with E-state index in [1.165, 1.54) is 11.3 Å². The second kappa shape index (κ2) is 5.86. The van der Waals surface area contributed by atoms with Gasteiger partial charge in [0.05, 0.1) is 0 Å². The molecule has 0 N–H and O–H groups in total. The molecule has 0 heterocycles. The summed E-state index contributed by atoms with van der Waals surface area (Å²) in [6, 6.07) is 7.77. The summed E-state index contributed by atoms with van der Waals surface area (Å²) in [6.45, 7) is 4.45. The van der Waals surface area contributed by atoms with Crippen LogP contribution in [-0.2, 0) is 0 Å². The van der Waals surface area contributed by atoms with E-state index in [1.807, 2.05) is 30.0 Å². The standard InChI is InChI=1S/C12H16OS/c1-3-10(2)9-14-12-6-4-5-11(7-12)8-13/h4-8,10H,3,9H2,1-2H3. The molecular weight excluding hydrogens is 192 g/mol. The van der Waals surface area contributed by atoms with E-state index in [0.29, 0.717) is 0 Å². The van der Waals surface area contributed by atoms with Crippen molar-refractivity contribution in [3.63, 3.8) is 0 Å². The molecule has 0 aliphatic rings. The van der Waals surface area contributed by atoms with E-state index in [0.717, 1.165) is 23.5 Å². The molecule has 14 heavy (non-hydrogen) atoms. The molecule has 0 radical (unpaired) electrons. The second-order valence-corrected chi connectivity index (χ2v) is 4.61. The number of carbonyl (C=O) groups excluding carboxylic acids is 1. The van der Waals surface area contributed by atoms with Crippen molar-refractivity contribution in [1.82, 2.24) is 0 Å². The molecule has 0 amide bonds. The molecule has 0 saturated carbocycles. The van der Waals surface area contributed by atoms with Crippen LogP contribution in [0.3, 0.4) is 0 Å². The predicted octanol–water partition coefficient (Wildman–Crippen LogP) is 3.64. The molecule has 0 aliphatic heterocycles. The van der Waals surface area contributed by atoms with Gasteiger partial charge in [-0.1, -0.05) is 32.4 Å². The van der Waals surface area contributed by atoms with E-state index in [4.69, 9.17) is 0 Å². The topological polar surface area (TPSA) is 17.1 Å². The minimum absolute atomic E-state index is 0.736. The Morgan fingerprint density at radius 1 is 1.50 bits per heavy atom. The molecule has 1 unspecified atom stereocenters. The molecule has 0 fully saturated rings. The third-order valence-corrected chi connectivity index (χ3v) is 3.55. The van der Waals surface area contributed by atoms with Crippen molar-refractivity contribution in [2.75, 3.05) is 5.75 Å². The monoisotopic (exact) mass is 208 g/mol. The van der Waals surface area contributed by atoms with Crippen molar-refractivity contribution in [1.29, 1.82) is 0 Å². The summed E-state index contributed by atoms with van der Waals surface area (Å²) in [4.78, 5) is 11.7. The van der Waals surface area contributed by atoms with Gasteiger partial charge in [-0.3, -0.25) is 4.79 Å². The zero-order valence-electron chi connectivity index (χ0n) is 8.69. The van der Waals surface area contributed by atoms with Gasteiger partial charge in [0, 0.05) is 16.2 Å². The van der Waals surface area contributed by atoms with E-state index in [1.54, 1.807) is 0 Å². The van der Waals surface area contributed by atoms with Crippen molar-refractivity contribution in [2.45, 2.75) is 25.2 Å². The second-order valence-electron chi connectivity index (χ2n) is 3.51. The van der Waals surface area contributed by atoms with Crippen LogP contribution in [0.5, 0.6) is 0 Å². The highest BCUT2D eigenvalue weighted by Crippen LogP contribution is 2.22. The lowest BCUT2D eigenvalue weighted by Gasteiger charge is -2.07. The van der Waals surface area contributed by atoms with Crippen molar-refractivity contribution in [3.05, 3.63) is 29.8 Å². The molecule has 0 spiro atoms. The minimum Gasteiger partial charge on any atom is -0.298 e. The number of aldehydes is 1. The number of hydrogen-bond donors (Lipinski definition) is 0. The zero-order valence-corrected chi connectivity index (χ0v) is 9.51. The van der Waals surface area contributed by atoms with Gasteiger partial charge in [0.15, 0.2) is 0 Å². The minimum atomic E-state index is 0.736. The third-order valence-electron chi connectivity index (χ3n) is 2.23. The number of hydrogen-bond acceptors (Lipinski definition) is 2. The highest BCUT2D eigenvalue weighted by molar-refractivity contribution is 7.99. The van der Waals surface area contributed by atoms with E-state index in [9.17, 15) is 4.79 Å². The molecule has 1 nitrogen and oxygen atoms in total. The van der Waals surface area contributed by atoms with Crippen LogP contribution in [0.25, 0.3) is 0 Å². The quantitative estimate of drug-likeness (QED) is 0.543. The van der Waals surface area contributed by atoms with Crippen LogP contribution in [0.1, 0.15) is 30.6 Å². The maximum Gasteiger partial charge on any atom is 0.150 e. The molecule has 1 rings (SSSR count). The lowest BCUT2D eigenvalue weighted by atomic mass is 10.2. The van der Waals surface area contributed by atoms with Gasteiger partial charge >= 0.3 is 0 Å². The van der Waals surface area contributed by atoms with E-state index in [-0.39, 0.29) is 0 Å². The predicted molar refractivity (Wildman–Crippen MR) is 62.0 cm³/mol. The Labute approximate surface area is 89.9 Å². The average molecular weight is 208 g/mol. The molecule has 0 aromatic heterocycles. The highest BCUT2D eigenvalue weighted by Gasteiger charge is 2.00. The smallest absolute Gasteiger partial charge is 0.150 e. The van der Waals surface area contributed by atoms with Crippen LogP contribution < -0.4 is 0 Å². The number of thioether (sulfide) groups is 1. The average Bonchev–Trinajstić information content (AvgIpc) is 2.26. The number of carbonyl (C=O) groups is 1. The van der Waals surface area contributed by atoms with Gasteiger partial charge in [-0.05, 0) is 18.1 Å². The zero-order chi connectivity index (χ0) is 10.4. The molecule has 1 aromatic carbocycles. The lowest BCUT2D eigenvalue weighted by Crippen LogP contribution is -1.95. The Morgan fingerprint density at radius 2 is 2.29 bits per heavy atom. The van der Waals surface area contributed by atoms with Gasteiger partial charge in [-0.15, -0.1) is 11.8 Å². The third kappa shape index (κ3) is 3.54. The van der Waals surface area contributed by atoms with Crippen LogP contribution in [0.4, 0.5) is 0 Å². The van der Waals surface area contributed by atoms with Crippen molar-refractivity contribution < 1.29 is 4.79 Å². The van der Waals surface area contributed by atoms with E-state index >= 15 is 0 Å². The van der Waals surface area contributed by atoms with E-state index < -0.39 is 0 Å². The van der Waals surface area contributed by atoms with Gasteiger partial charge < -0.3 is 0 Å². The highest BCUT2D eigenvalue weighted by atomic mass is 32.2. The molecular formula is C12H16OS. The molecule has 1 aromatic rings. The summed E-state index contributed by atoms with van der Waals surface area (Å²) in [5, 5.41) is 0. The summed E-state index contributed by atoms with van der Waals surface area (Å²) in [7, 11) is 0. The summed E-state index contributed by atoms with van der Waals surface area (Å²) in [5.74, 6) is 1.86. The fraction of sp³-hybridized carbons (Fsp3) is 0.417. The first kappa shape index (κ1) is 11.3. The SMILES string of the molecule is CCC(C)CSc1cccc(C=O)c1. The normalized spacial score (nSPS) is 12.4. The van der Waals surface area contributed by atoms with Crippen LogP contribution in [0.15, 0.2) is 29.2 Å². The Hall–Kier alpha value is -0.760. The first-order valence-corrected chi connectivity index (χ1v) is 5.93. The van der Waals surface area contributed by atoms with Crippen LogP contribution in [0.2, 0.25) is 0 Å². The fourth-order valence-corrected chi connectivity index (χ4v) is 2.14. The van der Waals surface area contributed by atoms with Gasteiger partial charge in [-0.2, -0.15) is 0 Å². The Morgan fingerprint density at radius 3 is 2.93 bits per heavy atom. The van der Waals surface area contributed by atoms with Gasteiger partial charge in [0.25, 0.3) is 0 Å². The number of rotatable bonds is 5. The Balaban J connectivity index is 2.54. The molecule has 0 aliphatic carbocycles. The molecule has 0 saturated heterocycles. The Bertz CT molecular complexity index is 296. The van der Waals surface area contributed by atoms with Crippen molar-refractivity contribution in [3.8, 4) is 0 Å². The first-order valence-electron chi connectivity index (χ1n) is 4.94. The molecule has 76 valence electrons. The van der Waals surface area contributed by atoms with Gasteiger partial charge in [0.1, 0.15) is 6.29 Å². The van der Waals surface area contributed by atoms with Crippen molar-refractivity contribution in [2.24, 2.45) is 5.92 Å². The van der Waals surface area contributed by atoms with Gasteiger partial charge in [-0.25, -0.2) is 0 Å². The maximum atomic E-state index is 10.5. The molecule has 1 atom stereocenters. The first-order chi connectivity index (χ1) is 6.76. The maximum absolute atomic E-state index is 10.5. The van der Waals surface area contributed by atoms with Gasteiger partial charge in [0.2, 0.25) is 0 Å². The summed E-state index contributed by atoms with van der Waals surface area (Å²) < 4.78 is 0. The Kier molecular flexibility index (Phi) is 4.74. The van der Waals surface area contributed by atoms with E-state index in [2.05, 4.69) is 19.9 Å².